The smallest absolute Gasteiger partial charge is 0.0192 e. The molecule has 1 rings (SSSR count). The van der Waals surface area contributed by atoms with Crippen LogP contribution in [0.15, 0.2) is 0 Å². The van der Waals surface area contributed by atoms with Gasteiger partial charge in [-0.15, -0.1) is 0 Å². The minimum Gasteiger partial charge on any atom is -0.311 e. The number of piperazine rings is 1. The zero-order valence-electron chi connectivity index (χ0n) is 7.47. The summed E-state index contributed by atoms with van der Waals surface area (Å²) in [7, 11) is 0. The van der Waals surface area contributed by atoms with Crippen molar-refractivity contribution < 1.29 is 0 Å². The van der Waals surface area contributed by atoms with E-state index in [1.165, 1.54) is 19.5 Å². The van der Waals surface area contributed by atoms with E-state index in [2.05, 4.69) is 24.1 Å². The molecule has 1 N–H and O–H groups in total. The van der Waals surface area contributed by atoms with Crippen LogP contribution in [0.3, 0.4) is 0 Å². The maximum atomic E-state index is 3.87. The van der Waals surface area contributed by atoms with Crippen molar-refractivity contribution in [3.05, 3.63) is 6.92 Å². The van der Waals surface area contributed by atoms with Crippen LogP contribution in [-0.4, -0.2) is 37.1 Å². The molecule has 65 valence electrons. The predicted molar refractivity (Wildman–Crippen MR) is 48.5 cm³/mol. The van der Waals surface area contributed by atoms with Gasteiger partial charge >= 0.3 is 0 Å². The molecule has 1 radical (unpaired) electrons. The van der Waals surface area contributed by atoms with Crippen LogP contribution in [0.2, 0.25) is 0 Å². The van der Waals surface area contributed by atoms with Gasteiger partial charge in [0.2, 0.25) is 0 Å². The quantitative estimate of drug-likeness (QED) is 0.651. The molecule has 0 aromatic heterocycles. The third-order valence-corrected chi connectivity index (χ3v) is 2.31. The lowest BCUT2D eigenvalue weighted by atomic mass is 10.1. The first kappa shape index (κ1) is 9.01. The first-order valence-electron chi connectivity index (χ1n) is 4.61. The summed E-state index contributed by atoms with van der Waals surface area (Å²) in [5.41, 5.74) is 0. The lowest BCUT2D eigenvalue weighted by Gasteiger charge is -2.32. The van der Waals surface area contributed by atoms with E-state index in [0.717, 1.165) is 25.6 Å². The molecule has 2 heteroatoms. The van der Waals surface area contributed by atoms with E-state index in [4.69, 9.17) is 0 Å². The highest BCUT2D eigenvalue weighted by molar-refractivity contribution is 4.77. The lowest BCUT2D eigenvalue weighted by Crippen LogP contribution is -2.50. The molecule has 0 aromatic rings. The maximum Gasteiger partial charge on any atom is 0.0192 e. The summed E-state index contributed by atoms with van der Waals surface area (Å²) in [6.07, 6.45) is 2.28. The van der Waals surface area contributed by atoms with E-state index < -0.39 is 0 Å². The van der Waals surface area contributed by atoms with Crippen LogP contribution in [0.25, 0.3) is 0 Å². The van der Waals surface area contributed by atoms with Gasteiger partial charge in [-0.25, -0.2) is 0 Å². The van der Waals surface area contributed by atoms with Crippen molar-refractivity contribution in [2.24, 2.45) is 0 Å². The summed E-state index contributed by atoms with van der Waals surface area (Å²) in [6.45, 7) is 10.8. The Labute approximate surface area is 70.0 Å². The number of hydrogen-bond donors (Lipinski definition) is 1. The Morgan fingerprint density at radius 3 is 3.09 bits per heavy atom. The number of hydrogen-bond acceptors (Lipinski definition) is 2. The second kappa shape index (κ2) is 4.73. The van der Waals surface area contributed by atoms with Crippen molar-refractivity contribution in [1.29, 1.82) is 0 Å². The molecule has 0 spiro atoms. The average Bonchev–Trinajstić information content (AvgIpc) is 2.06. The lowest BCUT2D eigenvalue weighted by molar-refractivity contribution is 0.200. The largest absolute Gasteiger partial charge is 0.311 e. The zero-order chi connectivity index (χ0) is 8.10. The predicted octanol–water partition coefficient (Wildman–Crippen LogP) is 0.894. The van der Waals surface area contributed by atoms with E-state index in [1.54, 1.807) is 0 Å². The van der Waals surface area contributed by atoms with Gasteiger partial charge in [-0.1, -0.05) is 13.8 Å². The number of rotatable bonds is 3. The van der Waals surface area contributed by atoms with Gasteiger partial charge in [0.1, 0.15) is 0 Å². The molecule has 1 fully saturated rings. The molecule has 1 heterocycles. The van der Waals surface area contributed by atoms with Gasteiger partial charge in [0, 0.05) is 25.7 Å². The Bertz CT molecular complexity index is 102. The molecule has 1 saturated heterocycles. The first-order chi connectivity index (χ1) is 5.36. The minimum absolute atomic E-state index is 0.718. The highest BCUT2D eigenvalue weighted by atomic mass is 15.2. The summed E-state index contributed by atoms with van der Waals surface area (Å²) in [5.74, 6) is 0. The molecule has 0 aromatic carbocycles. The van der Waals surface area contributed by atoms with Crippen LogP contribution in [0.1, 0.15) is 19.8 Å². The Balaban J connectivity index is 2.21. The van der Waals surface area contributed by atoms with E-state index in [-0.39, 0.29) is 0 Å². The normalized spacial score (nSPS) is 27.3. The Kier molecular flexibility index (Phi) is 3.87. The van der Waals surface area contributed by atoms with Crippen LogP contribution in [0, 0.1) is 6.92 Å². The van der Waals surface area contributed by atoms with Crippen molar-refractivity contribution in [3.8, 4) is 0 Å². The van der Waals surface area contributed by atoms with Crippen LogP contribution in [0.4, 0.5) is 0 Å². The molecule has 1 atom stereocenters. The van der Waals surface area contributed by atoms with Crippen LogP contribution >= 0.6 is 0 Å². The average molecular weight is 155 g/mol. The topological polar surface area (TPSA) is 15.3 Å². The van der Waals surface area contributed by atoms with Crippen LogP contribution < -0.4 is 5.32 Å². The van der Waals surface area contributed by atoms with Crippen LogP contribution in [-0.2, 0) is 0 Å². The maximum absolute atomic E-state index is 3.87. The third-order valence-electron chi connectivity index (χ3n) is 2.31. The second-order valence-corrected chi connectivity index (χ2v) is 3.21. The van der Waals surface area contributed by atoms with Gasteiger partial charge in [-0.2, -0.15) is 0 Å². The van der Waals surface area contributed by atoms with E-state index >= 15 is 0 Å². The molecule has 0 bridgehead atoms. The third kappa shape index (κ3) is 2.80. The fourth-order valence-corrected chi connectivity index (χ4v) is 1.59. The van der Waals surface area contributed by atoms with Gasteiger partial charge in [0.05, 0.1) is 0 Å². The van der Waals surface area contributed by atoms with Gasteiger partial charge < -0.3 is 10.2 Å². The summed E-state index contributed by atoms with van der Waals surface area (Å²) in [5, 5.41) is 3.50. The minimum atomic E-state index is 0.718. The van der Waals surface area contributed by atoms with Gasteiger partial charge in [-0.3, -0.25) is 0 Å². The molecule has 2 nitrogen and oxygen atoms in total. The fourth-order valence-electron chi connectivity index (χ4n) is 1.59. The molecular formula is C9H19N2. The molecule has 1 aliphatic heterocycles. The van der Waals surface area contributed by atoms with Crippen molar-refractivity contribution in [2.75, 3.05) is 26.2 Å². The Morgan fingerprint density at radius 2 is 2.45 bits per heavy atom. The standard InChI is InChI=1S/C9H19N2/c1-3-6-11-7-5-10-9(4-2)8-11/h9-10H,1,3-8H2,2H3. The zero-order valence-corrected chi connectivity index (χ0v) is 7.47. The monoisotopic (exact) mass is 155 g/mol. The summed E-state index contributed by atoms with van der Waals surface area (Å²) >= 11 is 0. The SMILES string of the molecule is [CH2]CCN1CCNC(CC)C1. The number of nitrogens with one attached hydrogen (secondary N) is 1. The van der Waals surface area contributed by atoms with Crippen molar-refractivity contribution >= 4 is 0 Å². The highest BCUT2D eigenvalue weighted by Gasteiger charge is 2.15. The molecule has 0 amide bonds. The molecule has 0 saturated carbocycles. The molecular weight excluding hydrogens is 136 g/mol. The van der Waals surface area contributed by atoms with Crippen LogP contribution in [0.5, 0.6) is 0 Å². The first-order valence-corrected chi connectivity index (χ1v) is 4.61. The van der Waals surface area contributed by atoms with E-state index in [9.17, 15) is 0 Å². The summed E-state index contributed by atoms with van der Waals surface area (Å²) in [4.78, 5) is 2.50. The van der Waals surface area contributed by atoms with Gasteiger partial charge in [0.15, 0.2) is 0 Å². The number of nitrogens with zero attached hydrogens (tertiary/aromatic N) is 1. The second-order valence-electron chi connectivity index (χ2n) is 3.21. The van der Waals surface area contributed by atoms with Crippen molar-refractivity contribution in [1.82, 2.24) is 10.2 Å². The molecule has 11 heavy (non-hydrogen) atoms. The Morgan fingerprint density at radius 1 is 1.64 bits per heavy atom. The van der Waals surface area contributed by atoms with Crippen molar-refractivity contribution in [3.63, 3.8) is 0 Å². The summed E-state index contributed by atoms with van der Waals surface area (Å²) < 4.78 is 0. The van der Waals surface area contributed by atoms with E-state index in [0.29, 0.717) is 0 Å². The summed E-state index contributed by atoms with van der Waals surface area (Å²) in [6, 6.07) is 0.718. The Hall–Kier alpha value is -0.0800. The fraction of sp³-hybridized carbons (Fsp3) is 0.889. The van der Waals surface area contributed by atoms with Gasteiger partial charge in [0.25, 0.3) is 0 Å². The van der Waals surface area contributed by atoms with Gasteiger partial charge in [-0.05, 0) is 19.4 Å². The molecule has 1 unspecified atom stereocenters. The molecule has 0 aliphatic carbocycles. The van der Waals surface area contributed by atoms with Crippen molar-refractivity contribution in [2.45, 2.75) is 25.8 Å². The molecule has 1 aliphatic rings. The highest BCUT2D eigenvalue weighted by Crippen LogP contribution is 2.02. The van der Waals surface area contributed by atoms with E-state index in [1.807, 2.05) is 0 Å².